The first-order chi connectivity index (χ1) is 16.3. The molecule has 2 aromatic heterocycles. The number of aromatic amines is 1. The number of nitrogens with zero attached hydrogens (tertiary/aromatic N) is 4. The van der Waals surface area contributed by atoms with Gasteiger partial charge in [0, 0.05) is 24.4 Å². The smallest absolute Gasteiger partial charge is 0.173 e. The van der Waals surface area contributed by atoms with E-state index < -0.39 is 0 Å². The van der Waals surface area contributed by atoms with Crippen molar-refractivity contribution in [2.75, 3.05) is 0 Å². The van der Waals surface area contributed by atoms with E-state index >= 15 is 0 Å². The number of nitrogens with one attached hydrogen (secondary N) is 2. The molecule has 4 rings (SSSR count). The molecule has 8 nitrogen and oxygen atoms in total. The van der Waals surface area contributed by atoms with Crippen LogP contribution in [0.5, 0.6) is 5.75 Å². The second-order valence-electron chi connectivity index (χ2n) is 7.40. The number of H-pyrrole nitrogens is 1. The van der Waals surface area contributed by atoms with Crippen LogP contribution in [-0.2, 0) is 7.05 Å². The van der Waals surface area contributed by atoms with Crippen molar-refractivity contribution in [3.05, 3.63) is 71.9 Å². The molecule has 0 fully saturated rings. The summed E-state index contributed by atoms with van der Waals surface area (Å²) in [6.45, 7) is 13.3. The van der Waals surface area contributed by atoms with Crippen molar-refractivity contribution < 1.29 is 5.11 Å². The Kier molecular flexibility index (Phi) is 7.11. The Labute approximate surface area is 198 Å². The van der Waals surface area contributed by atoms with Gasteiger partial charge in [-0.1, -0.05) is 38.6 Å². The molecule has 0 radical (unpaired) electrons. The van der Waals surface area contributed by atoms with Crippen LogP contribution < -0.4 is 5.73 Å². The van der Waals surface area contributed by atoms with Crippen LogP contribution in [0.4, 0.5) is 0 Å². The van der Waals surface area contributed by atoms with Gasteiger partial charge < -0.3 is 15.8 Å². The Hall–Kier alpha value is -4.46. The molecule has 0 atom stereocenters. The number of aromatic nitrogens is 4. The van der Waals surface area contributed by atoms with Gasteiger partial charge in [-0.3, -0.25) is 15.1 Å². The maximum absolute atomic E-state index is 11.0. The normalized spacial score (nSPS) is 11.1. The zero-order chi connectivity index (χ0) is 25.0. The lowest BCUT2D eigenvalue weighted by Crippen LogP contribution is -2.10. The number of aromatic hydroxyl groups is 1. The van der Waals surface area contributed by atoms with E-state index in [-0.39, 0.29) is 11.6 Å². The molecule has 174 valence electrons. The first-order valence-electron chi connectivity index (χ1n) is 10.8. The molecule has 0 saturated carbocycles. The van der Waals surface area contributed by atoms with Gasteiger partial charge in [0.05, 0.1) is 11.0 Å². The van der Waals surface area contributed by atoms with Crippen LogP contribution in [0.2, 0.25) is 0 Å². The second kappa shape index (κ2) is 9.99. The summed E-state index contributed by atoms with van der Waals surface area (Å²) in [6.07, 6.45) is 3.39. The fourth-order valence-electron chi connectivity index (χ4n) is 3.73. The summed E-state index contributed by atoms with van der Waals surface area (Å²) >= 11 is 0. The average molecular weight is 456 g/mol. The lowest BCUT2D eigenvalue weighted by Gasteiger charge is -2.08. The maximum atomic E-state index is 11.0. The minimum Gasteiger partial charge on any atom is -0.504 e. The quantitative estimate of drug-likeness (QED) is 0.181. The van der Waals surface area contributed by atoms with Crippen molar-refractivity contribution in [1.29, 1.82) is 5.41 Å². The third-order valence-electron chi connectivity index (χ3n) is 5.30. The third-order valence-corrected chi connectivity index (χ3v) is 5.30. The van der Waals surface area contributed by atoms with E-state index in [2.05, 4.69) is 33.4 Å². The predicted molar refractivity (Wildman–Crippen MR) is 140 cm³/mol. The van der Waals surface area contributed by atoms with Crippen molar-refractivity contribution >= 4 is 29.2 Å². The minimum atomic E-state index is -0.0224. The summed E-state index contributed by atoms with van der Waals surface area (Å²) in [5.41, 5.74) is 12.1. The molecule has 0 aliphatic carbocycles. The zero-order valence-electron chi connectivity index (χ0n) is 19.8. The van der Waals surface area contributed by atoms with Crippen LogP contribution in [0, 0.1) is 12.3 Å². The molecule has 2 heterocycles. The molecule has 0 bridgehead atoms. The number of fused-ring (bicyclic) bond motifs is 1. The Bertz CT molecular complexity index is 1420. The Balaban J connectivity index is 0.00000158. The van der Waals surface area contributed by atoms with Crippen LogP contribution in [0.1, 0.15) is 30.5 Å². The van der Waals surface area contributed by atoms with Gasteiger partial charge in [0.15, 0.2) is 11.6 Å². The number of aliphatic imine (C=N–C) groups is 1. The first kappa shape index (κ1) is 24.2. The maximum Gasteiger partial charge on any atom is 0.173 e. The van der Waals surface area contributed by atoms with Crippen molar-refractivity contribution in [3.8, 4) is 28.5 Å². The van der Waals surface area contributed by atoms with Gasteiger partial charge in [0.2, 0.25) is 0 Å². The summed E-state index contributed by atoms with van der Waals surface area (Å²) in [4.78, 5) is 11.6. The van der Waals surface area contributed by atoms with Crippen LogP contribution in [0.25, 0.3) is 39.4 Å². The summed E-state index contributed by atoms with van der Waals surface area (Å²) < 4.78 is 1.59. The van der Waals surface area contributed by atoms with Crippen LogP contribution in [0.3, 0.4) is 0 Å². The molecule has 2 aromatic carbocycles. The number of hydrogen-bond acceptors (Lipinski definition) is 5. The molecule has 0 unspecified atom stereocenters. The number of nitrogens with two attached hydrogens (primary N) is 1. The highest BCUT2D eigenvalue weighted by atomic mass is 16.3. The van der Waals surface area contributed by atoms with E-state index in [9.17, 15) is 5.11 Å². The average Bonchev–Trinajstić information content (AvgIpc) is 3.37. The number of hydrogen-bond donors (Lipinski definition) is 4. The molecule has 0 amide bonds. The Morgan fingerprint density at radius 1 is 1.24 bits per heavy atom. The molecule has 5 N–H and O–H groups in total. The van der Waals surface area contributed by atoms with Gasteiger partial charge in [-0.05, 0) is 54.6 Å². The van der Waals surface area contributed by atoms with E-state index in [0.29, 0.717) is 28.3 Å². The zero-order valence-corrected chi connectivity index (χ0v) is 19.8. The summed E-state index contributed by atoms with van der Waals surface area (Å²) in [7, 11) is 1.75. The monoisotopic (exact) mass is 455 g/mol. The van der Waals surface area contributed by atoms with E-state index in [4.69, 9.17) is 11.1 Å². The predicted octanol–water partition coefficient (Wildman–Crippen LogP) is 5.18. The van der Waals surface area contributed by atoms with Gasteiger partial charge in [-0.2, -0.15) is 5.10 Å². The Morgan fingerprint density at radius 3 is 2.59 bits per heavy atom. The number of aryl methyl sites for hydroxylation is 2. The largest absolute Gasteiger partial charge is 0.504 e. The fourth-order valence-corrected chi connectivity index (χ4v) is 3.73. The van der Waals surface area contributed by atoms with Crippen molar-refractivity contribution in [3.63, 3.8) is 0 Å². The summed E-state index contributed by atoms with van der Waals surface area (Å²) in [5.74, 6) is 0.477. The molecule has 0 spiro atoms. The third kappa shape index (κ3) is 4.38. The molecule has 0 aliphatic heterocycles. The van der Waals surface area contributed by atoms with Gasteiger partial charge in [0.1, 0.15) is 17.2 Å². The molecule has 0 saturated heterocycles. The topological polar surface area (TPSA) is 129 Å². The highest BCUT2D eigenvalue weighted by molar-refractivity contribution is 5.98. The van der Waals surface area contributed by atoms with E-state index in [0.717, 1.165) is 27.8 Å². The number of rotatable bonds is 6. The minimum absolute atomic E-state index is 0.0224. The molecule has 4 aromatic rings. The lowest BCUT2D eigenvalue weighted by atomic mass is 9.97. The number of nitrogen functional groups attached to an aromatic ring is 1. The van der Waals surface area contributed by atoms with E-state index in [1.807, 2.05) is 39.0 Å². The fraction of sp³-hybridized carbons (Fsp3) is 0.154. The lowest BCUT2D eigenvalue weighted by molar-refractivity contribution is 0.478. The van der Waals surface area contributed by atoms with Crippen LogP contribution in [0.15, 0.2) is 60.2 Å². The number of benzene rings is 2. The molecule has 34 heavy (non-hydrogen) atoms. The Morgan fingerprint density at radius 2 is 1.97 bits per heavy atom. The standard InChI is InChI=1S/C24H23N7O.C2H6/c1-5-14(12-27-3)17-8-6-15(10-13(17)2)20-22(32)21(31(4)30-20)24-28-18-9-7-16(23(25)26)11-19(18)29-24;1-2/h5-12,32H,1,3H2,2,4H3,(H3,25,26)(H,28,29);1-2H3/b14-12+;. The van der Waals surface area contributed by atoms with Gasteiger partial charge in [-0.25, -0.2) is 4.98 Å². The highest BCUT2D eigenvalue weighted by Crippen LogP contribution is 2.38. The highest BCUT2D eigenvalue weighted by Gasteiger charge is 2.21. The van der Waals surface area contributed by atoms with Crippen LogP contribution >= 0.6 is 0 Å². The van der Waals surface area contributed by atoms with Gasteiger partial charge >= 0.3 is 0 Å². The van der Waals surface area contributed by atoms with Crippen LogP contribution in [-0.4, -0.2) is 37.4 Å². The van der Waals surface area contributed by atoms with Gasteiger partial charge in [-0.15, -0.1) is 0 Å². The van der Waals surface area contributed by atoms with E-state index in [1.165, 1.54) is 0 Å². The van der Waals surface area contributed by atoms with Crippen molar-refractivity contribution in [1.82, 2.24) is 19.7 Å². The molecular weight excluding hydrogens is 426 g/mol. The van der Waals surface area contributed by atoms with Gasteiger partial charge in [0.25, 0.3) is 0 Å². The van der Waals surface area contributed by atoms with Crippen molar-refractivity contribution in [2.45, 2.75) is 20.8 Å². The number of amidine groups is 1. The SMILES string of the molecule is C=C/C(=C\N=C)c1ccc(-c2nn(C)c(-c3nc4ccc(C(=N)N)cc4[nH]3)c2O)cc1C.CC. The number of allylic oxidation sites excluding steroid dienone is 2. The van der Waals surface area contributed by atoms with Crippen molar-refractivity contribution in [2.24, 2.45) is 17.8 Å². The molecule has 0 aliphatic rings. The first-order valence-corrected chi connectivity index (χ1v) is 10.8. The molecule has 8 heteroatoms. The second-order valence-corrected chi connectivity index (χ2v) is 7.40. The summed E-state index contributed by atoms with van der Waals surface area (Å²) in [5, 5.41) is 23.2. The number of imidazole rings is 1. The summed E-state index contributed by atoms with van der Waals surface area (Å²) in [6, 6.07) is 11.1. The molecular formula is C26H29N7O. The van der Waals surface area contributed by atoms with E-state index in [1.54, 1.807) is 42.2 Å².